The third-order valence-corrected chi connectivity index (χ3v) is 2.52. The maximum atomic E-state index is 11.2. The topological polar surface area (TPSA) is 26.3 Å². The van der Waals surface area contributed by atoms with Gasteiger partial charge in [-0.15, -0.1) is 0 Å². The highest BCUT2D eigenvalue weighted by Crippen LogP contribution is 2.11. The van der Waals surface area contributed by atoms with Crippen LogP contribution >= 0.6 is 15.9 Å². The molecule has 2 atom stereocenters. The van der Waals surface area contributed by atoms with Crippen LogP contribution in [0, 0.1) is 0 Å². The number of alkyl halides is 1. The second-order valence-corrected chi connectivity index (χ2v) is 4.02. The smallest absolute Gasteiger partial charge is 0.319 e. The summed E-state index contributed by atoms with van der Waals surface area (Å²) in [4.78, 5) is 11.1. The van der Waals surface area contributed by atoms with Crippen LogP contribution in [-0.2, 0) is 9.53 Å². The van der Waals surface area contributed by atoms with Crippen LogP contribution in [0.2, 0.25) is 0 Å². The van der Waals surface area contributed by atoms with E-state index in [0.717, 1.165) is 19.3 Å². The summed E-state index contributed by atoms with van der Waals surface area (Å²) in [5.41, 5.74) is 0. The van der Waals surface area contributed by atoms with Gasteiger partial charge >= 0.3 is 5.97 Å². The zero-order chi connectivity index (χ0) is 9.56. The first-order valence-electron chi connectivity index (χ1n) is 4.46. The Kier molecular flexibility index (Phi) is 6.44. The number of halogens is 1. The Morgan fingerprint density at radius 3 is 2.50 bits per heavy atom. The van der Waals surface area contributed by atoms with E-state index in [-0.39, 0.29) is 16.9 Å². The SMILES string of the molecule is CCCC(Br)C(=O)OC(C)CC. The van der Waals surface area contributed by atoms with Crippen molar-refractivity contribution in [2.75, 3.05) is 0 Å². The molecular weight excluding hydrogens is 220 g/mol. The van der Waals surface area contributed by atoms with E-state index in [0.29, 0.717) is 0 Å². The van der Waals surface area contributed by atoms with E-state index in [1.54, 1.807) is 0 Å². The predicted octanol–water partition coefficient (Wildman–Crippen LogP) is 2.89. The van der Waals surface area contributed by atoms with Crippen molar-refractivity contribution in [3.05, 3.63) is 0 Å². The average Bonchev–Trinajstić information content (AvgIpc) is 2.04. The van der Waals surface area contributed by atoms with Crippen molar-refractivity contribution in [1.29, 1.82) is 0 Å². The normalized spacial score (nSPS) is 15.3. The first kappa shape index (κ1) is 11.9. The van der Waals surface area contributed by atoms with Gasteiger partial charge in [0.05, 0.1) is 6.10 Å². The van der Waals surface area contributed by atoms with Crippen LogP contribution < -0.4 is 0 Å². The lowest BCUT2D eigenvalue weighted by atomic mass is 10.2. The fourth-order valence-electron chi connectivity index (χ4n) is 0.727. The number of carbonyl (C=O) groups is 1. The minimum Gasteiger partial charge on any atom is -0.462 e. The molecule has 0 bridgehead atoms. The molecule has 0 aliphatic heterocycles. The zero-order valence-electron chi connectivity index (χ0n) is 7.97. The molecule has 0 saturated heterocycles. The monoisotopic (exact) mass is 236 g/mol. The molecule has 72 valence electrons. The van der Waals surface area contributed by atoms with Gasteiger partial charge in [0, 0.05) is 0 Å². The van der Waals surface area contributed by atoms with Crippen LogP contribution in [0.5, 0.6) is 0 Å². The van der Waals surface area contributed by atoms with Gasteiger partial charge < -0.3 is 4.74 Å². The molecule has 0 heterocycles. The minimum atomic E-state index is -0.133. The largest absolute Gasteiger partial charge is 0.462 e. The van der Waals surface area contributed by atoms with Gasteiger partial charge in [-0.25, -0.2) is 0 Å². The zero-order valence-corrected chi connectivity index (χ0v) is 9.56. The molecule has 0 spiro atoms. The van der Waals surface area contributed by atoms with Crippen LogP contribution in [0.3, 0.4) is 0 Å². The summed E-state index contributed by atoms with van der Waals surface area (Å²) < 4.78 is 5.13. The van der Waals surface area contributed by atoms with Crippen molar-refractivity contribution in [2.24, 2.45) is 0 Å². The van der Waals surface area contributed by atoms with E-state index in [4.69, 9.17) is 4.74 Å². The summed E-state index contributed by atoms with van der Waals surface area (Å²) in [5.74, 6) is -0.133. The van der Waals surface area contributed by atoms with Gasteiger partial charge in [-0.1, -0.05) is 36.2 Å². The molecule has 0 aliphatic rings. The van der Waals surface area contributed by atoms with Gasteiger partial charge in [-0.05, 0) is 19.8 Å². The van der Waals surface area contributed by atoms with Gasteiger partial charge in [-0.3, -0.25) is 4.79 Å². The van der Waals surface area contributed by atoms with Crippen LogP contribution in [0.25, 0.3) is 0 Å². The first-order chi connectivity index (χ1) is 5.61. The van der Waals surface area contributed by atoms with Gasteiger partial charge in [0.1, 0.15) is 4.83 Å². The van der Waals surface area contributed by atoms with Gasteiger partial charge in [0.25, 0.3) is 0 Å². The molecule has 0 aromatic carbocycles. The Morgan fingerprint density at radius 2 is 2.08 bits per heavy atom. The van der Waals surface area contributed by atoms with Crippen molar-refractivity contribution < 1.29 is 9.53 Å². The second kappa shape index (κ2) is 6.46. The number of ether oxygens (including phenoxy) is 1. The summed E-state index contributed by atoms with van der Waals surface area (Å²) in [6, 6.07) is 0. The number of rotatable bonds is 5. The molecular formula is C9H17BrO2. The molecule has 0 saturated carbocycles. The molecule has 0 radical (unpaired) electrons. The summed E-state index contributed by atoms with van der Waals surface area (Å²) in [5, 5.41) is 0. The fourth-order valence-corrected chi connectivity index (χ4v) is 1.29. The molecule has 0 fully saturated rings. The molecule has 0 rings (SSSR count). The lowest BCUT2D eigenvalue weighted by Gasteiger charge is -2.13. The summed E-state index contributed by atoms with van der Waals surface area (Å²) >= 11 is 3.29. The van der Waals surface area contributed by atoms with Gasteiger partial charge in [0.2, 0.25) is 0 Å². The first-order valence-corrected chi connectivity index (χ1v) is 5.37. The number of esters is 1. The van der Waals surface area contributed by atoms with E-state index < -0.39 is 0 Å². The molecule has 12 heavy (non-hydrogen) atoms. The average molecular weight is 237 g/mol. The Morgan fingerprint density at radius 1 is 1.50 bits per heavy atom. The molecule has 0 aliphatic carbocycles. The van der Waals surface area contributed by atoms with E-state index in [9.17, 15) is 4.79 Å². The van der Waals surface area contributed by atoms with E-state index >= 15 is 0 Å². The van der Waals surface area contributed by atoms with Crippen LogP contribution in [0.1, 0.15) is 40.0 Å². The van der Waals surface area contributed by atoms with E-state index in [1.165, 1.54) is 0 Å². The predicted molar refractivity (Wildman–Crippen MR) is 53.5 cm³/mol. The van der Waals surface area contributed by atoms with Crippen molar-refractivity contribution in [1.82, 2.24) is 0 Å². The quantitative estimate of drug-likeness (QED) is 0.542. The van der Waals surface area contributed by atoms with E-state index in [2.05, 4.69) is 15.9 Å². The fraction of sp³-hybridized carbons (Fsp3) is 0.889. The van der Waals surface area contributed by atoms with Crippen molar-refractivity contribution in [3.63, 3.8) is 0 Å². The van der Waals surface area contributed by atoms with Crippen molar-refractivity contribution in [3.8, 4) is 0 Å². The highest BCUT2D eigenvalue weighted by molar-refractivity contribution is 9.10. The molecule has 2 nitrogen and oxygen atoms in total. The lowest BCUT2D eigenvalue weighted by molar-refractivity contribution is -0.147. The van der Waals surface area contributed by atoms with E-state index in [1.807, 2.05) is 20.8 Å². The Hall–Kier alpha value is -0.0500. The molecule has 0 amide bonds. The standard InChI is InChI=1S/C9H17BrO2/c1-4-6-8(10)9(11)12-7(3)5-2/h7-8H,4-6H2,1-3H3. The third-order valence-electron chi connectivity index (χ3n) is 1.69. The second-order valence-electron chi connectivity index (χ2n) is 2.91. The Bertz CT molecular complexity index is 136. The van der Waals surface area contributed by atoms with Crippen molar-refractivity contribution >= 4 is 21.9 Å². The van der Waals surface area contributed by atoms with Gasteiger partial charge in [-0.2, -0.15) is 0 Å². The lowest BCUT2D eigenvalue weighted by Crippen LogP contribution is -2.22. The number of carbonyl (C=O) groups excluding carboxylic acids is 1. The summed E-state index contributed by atoms with van der Waals surface area (Å²) in [6.07, 6.45) is 2.74. The molecule has 0 N–H and O–H groups in total. The maximum absolute atomic E-state index is 11.2. The Balaban J connectivity index is 3.70. The van der Waals surface area contributed by atoms with Crippen LogP contribution in [0.4, 0.5) is 0 Å². The molecule has 3 heteroatoms. The van der Waals surface area contributed by atoms with Crippen LogP contribution in [-0.4, -0.2) is 16.9 Å². The van der Waals surface area contributed by atoms with Crippen molar-refractivity contribution in [2.45, 2.75) is 51.0 Å². The minimum absolute atomic E-state index is 0.0365. The highest BCUT2D eigenvalue weighted by atomic mass is 79.9. The number of hydrogen-bond acceptors (Lipinski definition) is 2. The number of hydrogen-bond donors (Lipinski definition) is 0. The molecule has 0 aromatic heterocycles. The Labute approximate surface area is 82.8 Å². The highest BCUT2D eigenvalue weighted by Gasteiger charge is 2.16. The van der Waals surface area contributed by atoms with Gasteiger partial charge in [0.15, 0.2) is 0 Å². The molecule has 0 aromatic rings. The summed E-state index contributed by atoms with van der Waals surface area (Å²) in [7, 11) is 0. The molecule has 2 unspecified atom stereocenters. The third kappa shape index (κ3) is 4.75. The summed E-state index contributed by atoms with van der Waals surface area (Å²) in [6.45, 7) is 5.95. The van der Waals surface area contributed by atoms with Crippen LogP contribution in [0.15, 0.2) is 0 Å². The maximum Gasteiger partial charge on any atom is 0.319 e.